The van der Waals surface area contributed by atoms with Crippen molar-refractivity contribution in [2.75, 3.05) is 18.4 Å². The fourth-order valence-corrected chi connectivity index (χ4v) is 3.89. The Hall–Kier alpha value is -1.22. The van der Waals surface area contributed by atoms with Gasteiger partial charge < -0.3 is 10.6 Å². The molecule has 0 spiro atoms. The van der Waals surface area contributed by atoms with Crippen molar-refractivity contribution in [1.29, 1.82) is 0 Å². The highest BCUT2D eigenvalue weighted by molar-refractivity contribution is 7.89. The van der Waals surface area contributed by atoms with E-state index < -0.39 is 26.3 Å². The molecule has 136 valence electrons. The molecule has 1 atom stereocenters. The Bertz CT molecular complexity index is 698. The molecule has 9 heteroatoms. The number of anilines is 1. The van der Waals surface area contributed by atoms with Gasteiger partial charge in [0.25, 0.3) is 0 Å². The molecular formula is C15H23ClFN3O3S. The van der Waals surface area contributed by atoms with Crippen molar-refractivity contribution in [3.05, 3.63) is 24.0 Å². The van der Waals surface area contributed by atoms with Gasteiger partial charge in [-0.3, -0.25) is 4.79 Å². The van der Waals surface area contributed by atoms with E-state index in [1.54, 1.807) is 20.8 Å². The van der Waals surface area contributed by atoms with Gasteiger partial charge in [0.1, 0.15) is 10.7 Å². The number of hydrogen-bond donors (Lipinski definition) is 3. The van der Waals surface area contributed by atoms with Gasteiger partial charge in [-0.2, -0.15) is 0 Å². The van der Waals surface area contributed by atoms with Crippen LogP contribution in [0.3, 0.4) is 0 Å². The van der Waals surface area contributed by atoms with Gasteiger partial charge in [-0.05, 0) is 51.9 Å². The SMILES string of the molecule is CC(C)(C)NS(=O)(=O)c1cc(NC(=O)C2CCNC2)ccc1F.Cl. The van der Waals surface area contributed by atoms with Gasteiger partial charge in [-0.15, -0.1) is 12.4 Å². The van der Waals surface area contributed by atoms with Crippen LogP contribution in [0.15, 0.2) is 23.1 Å². The fraction of sp³-hybridized carbons (Fsp3) is 0.533. The predicted molar refractivity (Wildman–Crippen MR) is 93.3 cm³/mol. The first-order chi connectivity index (χ1) is 10.6. The molecule has 24 heavy (non-hydrogen) atoms. The first-order valence-corrected chi connectivity index (χ1v) is 8.92. The average Bonchev–Trinajstić information content (AvgIpc) is 2.92. The van der Waals surface area contributed by atoms with Crippen LogP contribution in [0.2, 0.25) is 0 Å². The molecule has 1 amide bonds. The molecule has 0 saturated carbocycles. The van der Waals surface area contributed by atoms with Crippen LogP contribution < -0.4 is 15.4 Å². The van der Waals surface area contributed by atoms with Crippen LogP contribution in [0.1, 0.15) is 27.2 Å². The van der Waals surface area contributed by atoms with Crippen LogP contribution in [-0.4, -0.2) is 33.0 Å². The first-order valence-electron chi connectivity index (χ1n) is 7.44. The maximum atomic E-state index is 13.9. The lowest BCUT2D eigenvalue weighted by Gasteiger charge is -2.21. The molecule has 3 N–H and O–H groups in total. The van der Waals surface area contributed by atoms with Crippen molar-refractivity contribution in [1.82, 2.24) is 10.0 Å². The summed E-state index contributed by atoms with van der Waals surface area (Å²) in [5.41, 5.74) is -0.474. The fourth-order valence-electron chi connectivity index (χ4n) is 2.37. The molecule has 6 nitrogen and oxygen atoms in total. The zero-order valence-electron chi connectivity index (χ0n) is 13.8. The number of nitrogens with one attached hydrogen (secondary N) is 3. The van der Waals surface area contributed by atoms with Crippen molar-refractivity contribution in [3.8, 4) is 0 Å². The zero-order chi connectivity index (χ0) is 17.3. The molecule has 1 fully saturated rings. The lowest BCUT2D eigenvalue weighted by Crippen LogP contribution is -2.40. The Balaban J connectivity index is 0.00000288. The molecule has 1 saturated heterocycles. The minimum atomic E-state index is -4.01. The highest BCUT2D eigenvalue weighted by atomic mass is 35.5. The number of hydrogen-bond acceptors (Lipinski definition) is 4. The first kappa shape index (κ1) is 20.8. The number of benzene rings is 1. The van der Waals surface area contributed by atoms with Crippen LogP contribution in [0.25, 0.3) is 0 Å². The van der Waals surface area contributed by atoms with E-state index in [1.807, 2.05) is 0 Å². The molecule has 0 aliphatic carbocycles. The molecule has 0 aromatic heterocycles. The van der Waals surface area contributed by atoms with Crippen LogP contribution >= 0.6 is 12.4 Å². The van der Waals surface area contributed by atoms with Gasteiger partial charge in [0.2, 0.25) is 15.9 Å². The molecule has 1 aromatic carbocycles. The zero-order valence-corrected chi connectivity index (χ0v) is 15.5. The molecule has 1 heterocycles. The molecule has 1 aliphatic rings. The largest absolute Gasteiger partial charge is 0.326 e. The van der Waals surface area contributed by atoms with Crippen LogP contribution in [-0.2, 0) is 14.8 Å². The van der Waals surface area contributed by atoms with Gasteiger partial charge in [0.15, 0.2) is 0 Å². The third-order valence-electron chi connectivity index (χ3n) is 3.36. The second-order valence-corrected chi connectivity index (χ2v) is 8.33. The number of sulfonamides is 1. The Labute approximate surface area is 148 Å². The summed E-state index contributed by atoms with van der Waals surface area (Å²) in [6, 6.07) is 3.54. The van der Waals surface area contributed by atoms with Crippen molar-refractivity contribution in [3.63, 3.8) is 0 Å². The highest BCUT2D eigenvalue weighted by Gasteiger charge is 2.26. The lowest BCUT2D eigenvalue weighted by molar-refractivity contribution is -0.119. The molecule has 1 unspecified atom stereocenters. The van der Waals surface area contributed by atoms with Gasteiger partial charge in [-0.25, -0.2) is 17.5 Å². The molecule has 0 radical (unpaired) electrons. The number of rotatable bonds is 4. The highest BCUT2D eigenvalue weighted by Crippen LogP contribution is 2.22. The summed E-state index contributed by atoms with van der Waals surface area (Å²) in [5, 5.41) is 5.73. The van der Waals surface area contributed by atoms with E-state index in [-0.39, 0.29) is 29.9 Å². The quantitative estimate of drug-likeness (QED) is 0.745. The van der Waals surface area contributed by atoms with Crippen LogP contribution in [0, 0.1) is 11.7 Å². The number of carbonyl (C=O) groups excluding carboxylic acids is 1. The second kappa shape index (κ2) is 7.77. The van der Waals surface area contributed by atoms with Crippen molar-refractivity contribution < 1.29 is 17.6 Å². The second-order valence-electron chi connectivity index (χ2n) is 6.68. The van der Waals surface area contributed by atoms with E-state index in [9.17, 15) is 17.6 Å². The summed E-state index contributed by atoms with van der Waals surface area (Å²) in [5.74, 6) is -1.22. The Morgan fingerprint density at radius 1 is 1.33 bits per heavy atom. The van der Waals surface area contributed by atoms with Gasteiger partial charge in [-0.1, -0.05) is 0 Å². The summed E-state index contributed by atoms with van der Waals surface area (Å²) in [7, 11) is -4.01. The Morgan fingerprint density at radius 2 is 2.00 bits per heavy atom. The minimum absolute atomic E-state index is 0. The molecule has 2 rings (SSSR count). The van der Waals surface area contributed by atoms with E-state index >= 15 is 0 Å². The molecule has 1 aliphatic heterocycles. The third-order valence-corrected chi connectivity index (χ3v) is 5.13. The standard InChI is InChI=1S/C15H22FN3O3S.ClH/c1-15(2,3)19-23(21,22)13-8-11(4-5-12(13)16)18-14(20)10-6-7-17-9-10;/h4-5,8,10,17,19H,6-7,9H2,1-3H3,(H,18,20);1H. The van der Waals surface area contributed by atoms with E-state index in [0.29, 0.717) is 6.54 Å². The van der Waals surface area contributed by atoms with Crippen molar-refractivity contribution in [2.24, 2.45) is 5.92 Å². The molecular weight excluding hydrogens is 357 g/mol. The summed E-state index contributed by atoms with van der Waals surface area (Å²) in [6.45, 7) is 6.37. The van der Waals surface area contributed by atoms with Gasteiger partial charge in [0.05, 0.1) is 5.92 Å². The van der Waals surface area contributed by atoms with E-state index in [1.165, 1.54) is 6.07 Å². The smallest absolute Gasteiger partial charge is 0.244 e. The maximum absolute atomic E-state index is 13.9. The number of halogens is 2. The topological polar surface area (TPSA) is 87.3 Å². The van der Waals surface area contributed by atoms with Crippen molar-refractivity contribution in [2.45, 2.75) is 37.6 Å². The predicted octanol–water partition coefficient (Wildman–Crippen LogP) is 1.87. The molecule has 0 bridgehead atoms. The monoisotopic (exact) mass is 379 g/mol. The van der Waals surface area contributed by atoms with E-state index in [4.69, 9.17) is 0 Å². The Morgan fingerprint density at radius 3 is 2.54 bits per heavy atom. The maximum Gasteiger partial charge on any atom is 0.244 e. The number of amides is 1. The normalized spacial score (nSPS) is 18.1. The van der Waals surface area contributed by atoms with Crippen molar-refractivity contribution >= 4 is 34.0 Å². The summed E-state index contributed by atoms with van der Waals surface area (Å²) in [6.07, 6.45) is 0.726. The van der Waals surface area contributed by atoms with Gasteiger partial charge >= 0.3 is 0 Å². The van der Waals surface area contributed by atoms with E-state index in [0.717, 1.165) is 25.1 Å². The summed E-state index contributed by atoms with van der Waals surface area (Å²) in [4.78, 5) is 11.6. The van der Waals surface area contributed by atoms with Crippen LogP contribution in [0.4, 0.5) is 10.1 Å². The van der Waals surface area contributed by atoms with Gasteiger partial charge in [0, 0.05) is 17.8 Å². The minimum Gasteiger partial charge on any atom is -0.326 e. The molecule has 1 aromatic rings. The lowest BCUT2D eigenvalue weighted by atomic mass is 10.1. The third kappa shape index (κ3) is 5.41. The summed E-state index contributed by atoms with van der Waals surface area (Å²) >= 11 is 0. The summed E-state index contributed by atoms with van der Waals surface area (Å²) < 4.78 is 40.9. The van der Waals surface area contributed by atoms with E-state index in [2.05, 4.69) is 15.4 Å². The average molecular weight is 380 g/mol. The van der Waals surface area contributed by atoms with Crippen LogP contribution in [0.5, 0.6) is 0 Å². The Kier molecular flexibility index (Phi) is 6.75. The number of carbonyl (C=O) groups is 1.